The lowest BCUT2D eigenvalue weighted by Crippen LogP contribution is -2.42. The minimum atomic E-state index is -0.453. The van der Waals surface area contributed by atoms with Gasteiger partial charge in [0.05, 0.1) is 35.4 Å². The van der Waals surface area contributed by atoms with E-state index in [4.69, 9.17) is 16.3 Å². The largest absolute Gasteiger partial charge is 0.496 e. The Bertz CT molecular complexity index is 1470. The Morgan fingerprint density at radius 2 is 2.07 bits per heavy atom. The molecule has 4 rings (SSSR count). The van der Waals surface area contributed by atoms with E-state index in [1.165, 1.54) is 25.4 Å². The minimum Gasteiger partial charge on any atom is -0.496 e. The van der Waals surface area contributed by atoms with Crippen molar-refractivity contribution in [1.29, 1.82) is 5.26 Å². The lowest BCUT2D eigenvalue weighted by atomic mass is 10.0. The van der Waals surface area contributed by atoms with Crippen molar-refractivity contribution in [2.45, 2.75) is 25.4 Å². The molecule has 0 aliphatic carbocycles. The molecular weight excluding hydrogens is 547 g/mol. The summed E-state index contributed by atoms with van der Waals surface area (Å²) >= 11 is 6.74. The number of aromatic nitrogens is 2. The molecule has 2 aromatic carbocycles. The van der Waals surface area contributed by atoms with E-state index in [9.17, 15) is 14.4 Å². The summed E-state index contributed by atoms with van der Waals surface area (Å²) in [6.45, 7) is 5.22. The third-order valence-electron chi connectivity index (χ3n) is 6.95. The van der Waals surface area contributed by atoms with Gasteiger partial charge in [-0.3, -0.25) is 4.79 Å². The van der Waals surface area contributed by atoms with E-state index in [1.807, 2.05) is 12.1 Å². The van der Waals surface area contributed by atoms with Gasteiger partial charge in [0, 0.05) is 31.2 Å². The first-order chi connectivity index (χ1) is 19.7. The number of methoxy groups -OCH3 is 1. The number of ether oxygens (including phenoxy) is 1. The number of nitrogens with one attached hydrogen (secondary N) is 3. The summed E-state index contributed by atoms with van der Waals surface area (Å²) in [4.78, 5) is 25.4. The van der Waals surface area contributed by atoms with Crippen molar-refractivity contribution >= 4 is 46.3 Å². The lowest BCUT2D eigenvalue weighted by molar-refractivity contribution is -0.111. The molecule has 0 radical (unpaired) electrons. The van der Waals surface area contributed by atoms with Crippen molar-refractivity contribution in [3.8, 4) is 11.8 Å². The molecule has 1 aromatic heterocycles. The predicted octanol–water partition coefficient (Wildman–Crippen LogP) is 5.16. The highest BCUT2D eigenvalue weighted by molar-refractivity contribution is 6.34. The number of anilines is 5. The number of carbonyl (C=O) groups is 1. The normalized spacial score (nSPS) is 13.4. The van der Waals surface area contributed by atoms with Gasteiger partial charge < -0.3 is 30.5 Å². The van der Waals surface area contributed by atoms with Crippen LogP contribution in [0, 0.1) is 17.1 Å². The molecule has 1 fully saturated rings. The van der Waals surface area contributed by atoms with Gasteiger partial charge in [-0.05, 0) is 57.3 Å². The van der Waals surface area contributed by atoms with Crippen molar-refractivity contribution in [3.63, 3.8) is 0 Å². The van der Waals surface area contributed by atoms with Gasteiger partial charge in [-0.1, -0.05) is 24.2 Å². The highest BCUT2D eigenvalue weighted by Gasteiger charge is 2.24. The standard InChI is InChI=1S/C29H32ClFN8O2/c1-5-27(40)35-24-14-25(39-11-9-19(10-12-39)38(2)3)21(30)13-23(24)36-29-34-16-18(15-32)28(37-29)33-17-20-22(31)7-6-8-26(20)41-4/h5-8,13-14,16,19H,1,9-12,17H2,2-4H3,(H,35,40)(H2,33,34,36,37). The zero-order valence-electron chi connectivity index (χ0n) is 23.2. The summed E-state index contributed by atoms with van der Waals surface area (Å²) in [6, 6.07) is 10.6. The first kappa shape index (κ1) is 29.6. The van der Waals surface area contributed by atoms with Gasteiger partial charge >= 0.3 is 0 Å². The molecule has 1 aliphatic heterocycles. The molecule has 10 nitrogen and oxygen atoms in total. The topological polar surface area (TPSA) is 118 Å². The molecule has 3 N–H and O–H groups in total. The molecule has 0 saturated carbocycles. The number of rotatable bonds is 10. The Morgan fingerprint density at radius 1 is 1.32 bits per heavy atom. The summed E-state index contributed by atoms with van der Waals surface area (Å²) < 4.78 is 19.7. The van der Waals surface area contributed by atoms with E-state index in [0.29, 0.717) is 33.8 Å². The fourth-order valence-corrected chi connectivity index (χ4v) is 4.95. The average molecular weight is 579 g/mol. The number of nitriles is 1. The summed E-state index contributed by atoms with van der Waals surface area (Å²) in [5.41, 5.74) is 2.17. The Hall–Kier alpha value is -4.40. The van der Waals surface area contributed by atoms with Crippen LogP contribution < -0.4 is 25.6 Å². The summed E-state index contributed by atoms with van der Waals surface area (Å²) in [5, 5.41) is 19.0. The van der Waals surface area contributed by atoms with E-state index in [1.54, 1.807) is 18.2 Å². The van der Waals surface area contributed by atoms with Crippen molar-refractivity contribution in [1.82, 2.24) is 14.9 Å². The number of amides is 1. The third kappa shape index (κ3) is 7.03. The van der Waals surface area contributed by atoms with Crippen LogP contribution in [0.25, 0.3) is 0 Å². The Kier molecular flexibility index (Phi) is 9.60. The molecule has 2 heterocycles. The average Bonchev–Trinajstić information content (AvgIpc) is 2.97. The predicted molar refractivity (Wildman–Crippen MR) is 160 cm³/mol. The van der Waals surface area contributed by atoms with E-state index in [0.717, 1.165) is 31.6 Å². The van der Waals surface area contributed by atoms with Crippen molar-refractivity contribution in [3.05, 3.63) is 71.2 Å². The second-order valence-corrected chi connectivity index (χ2v) is 10.1. The van der Waals surface area contributed by atoms with E-state index in [2.05, 4.69) is 56.4 Å². The van der Waals surface area contributed by atoms with E-state index < -0.39 is 11.7 Å². The van der Waals surface area contributed by atoms with Crippen LogP contribution in [0.5, 0.6) is 5.75 Å². The molecule has 0 spiro atoms. The minimum absolute atomic E-state index is 0.0205. The number of carbonyl (C=O) groups excluding carboxylic acids is 1. The van der Waals surface area contributed by atoms with Gasteiger partial charge in [-0.2, -0.15) is 10.2 Å². The first-order valence-corrected chi connectivity index (χ1v) is 13.4. The maximum atomic E-state index is 14.4. The Morgan fingerprint density at radius 3 is 2.73 bits per heavy atom. The van der Waals surface area contributed by atoms with Gasteiger partial charge in [-0.25, -0.2) is 9.37 Å². The Labute approximate surface area is 243 Å². The maximum absolute atomic E-state index is 14.4. The molecule has 0 unspecified atom stereocenters. The number of halogens is 2. The molecule has 0 bridgehead atoms. The zero-order valence-corrected chi connectivity index (χ0v) is 23.9. The number of piperidine rings is 1. The second kappa shape index (κ2) is 13.3. The molecule has 41 heavy (non-hydrogen) atoms. The first-order valence-electron chi connectivity index (χ1n) is 13.0. The molecular formula is C29H32ClFN8O2. The van der Waals surface area contributed by atoms with Gasteiger partial charge in [0.25, 0.3) is 0 Å². The van der Waals surface area contributed by atoms with E-state index >= 15 is 0 Å². The van der Waals surface area contributed by atoms with Crippen LogP contribution in [-0.4, -0.2) is 61.1 Å². The number of nitrogens with zero attached hydrogens (tertiary/aromatic N) is 5. The smallest absolute Gasteiger partial charge is 0.247 e. The second-order valence-electron chi connectivity index (χ2n) is 9.69. The molecule has 1 amide bonds. The SMILES string of the molecule is C=CC(=O)Nc1cc(N2CCC(N(C)C)CC2)c(Cl)cc1Nc1ncc(C#N)c(NCc2c(F)cccc2OC)n1. The molecule has 1 aliphatic rings. The third-order valence-corrected chi connectivity index (χ3v) is 7.25. The van der Waals surface area contributed by atoms with Gasteiger partial charge in [0.1, 0.15) is 29.0 Å². The molecule has 3 aromatic rings. The van der Waals surface area contributed by atoms with Crippen molar-refractivity contribution in [2.24, 2.45) is 0 Å². The van der Waals surface area contributed by atoms with Crippen molar-refractivity contribution in [2.75, 3.05) is 55.1 Å². The summed E-state index contributed by atoms with van der Waals surface area (Å²) in [5.74, 6) is -0.150. The number of benzene rings is 2. The number of hydrogen-bond acceptors (Lipinski definition) is 9. The quantitative estimate of drug-likeness (QED) is 0.280. The lowest BCUT2D eigenvalue weighted by Gasteiger charge is -2.37. The molecule has 1 saturated heterocycles. The van der Waals surface area contributed by atoms with Crippen LogP contribution >= 0.6 is 11.6 Å². The van der Waals surface area contributed by atoms with Gasteiger partial charge in [0.15, 0.2) is 0 Å². The fraction of sp³-hybridized carbons (Fsp3) is 0.310. The molecule has 12 heteroatoms. The monoisotopic (exact) mass is 578 g/mol. The Balaban J connectivity index is 1.61. The molecule has 0 atom stereocenters. The van der Waals surface area contributed by atoms with Crippen LogP contribution in [0.3, 0.4) is 0 Å². The number of hydrogen-bond donors (Lipinski definition) is 3. The van der Waals surface area contributed by atoms with Gasteiger partial charge in [-0.15, -0.1) is 0 Å². The highest BCUT2D eigenvalue weighted by Crippen LogP contribution is 2.38. The highest BCUT2D eigenvalue weighted by atomic mass is 35.5. The maximum Gasteiger partial charge on any atom is 0.247 e. The van der Waals surface area contributed by atoms with Crippen LogP contribution in [-0.2, 0) is 11.3 Å². The van der Waals surface area contributed by atoms with Crippen LogP contribution in [0.2, 0.25) is 5.02 Å². The van der Waals surface area contributed by atoms with Gasteiger partial charge in [0.2, 0.25) is 11.9 Å². The van der Waals surface area contributed by atoms with Crippen LogP contribution in [0.15, 0.2) is 49.2 Å². The molecule has 214 valence electrons. The van der Waals surface area contributed by atoms with E-state index in [-0.39, 0.29) is 23.9 Å². The summed E-state index contributed by atoms with van der Waals surface area (Å²) in [7, 11) is 5.62. The fourth-order valence-electron chi connectivity index (χ4n) is 4.67. The van der Waals surface area contributed by atoms with Crippen molar-refractivity contribution < 1.29 is 13.9 Å². The summed E-state index contributed by atoms with van der Waals surface area (Å²) in [6.07, 6.45) is 4.51. The van der Waals surface area contributed by atoms with Crippen LogP contribution in [0.4, 0.5) is 33.2 Å². The zero-order chi connectivity index (χ0) is 29.5. The van der Waals surface area contributed by atoms with Crippen LogP contribution in [0.1, 0.15) is 24.0 Å².